The number of anilines is 2. The van der Waals surface area contributed by atoms with E-state index in [4.69, 9.17) is 0 Å². The Bertz CT molecular complexity index is 656. The van der Waals surface area contributed by atoms with Crippen LogP contribution in [0.5, 0.6) is 5.75 Å². The van der Waals surface area contributed by atoms with E-state index in [1.54, 1.807) is 12.1 Å². The first-order valence-corrected chi connectivity index (χ1v) is 7.55. The average molecular weight is 334 g/mol. The molecule has 6 heteroatoms. The summed E-state index contributed by atoms with van der Waals surface area (Å²) in [4.78, 5) is 14.0. The highest BCUT2D eigenvalue weighted by Gasteiger charge is 2.06. The van der Waals surface area contributed by atoms with E-state index in [0.717, 1.165) is 16.9 Å². The van der Waals surface area contributed by atoms with Crippen molar-refractivity contribution < 1.29 is 18.3 Å². The van der Waals surface area contributed by atoms with E-state index in [2.05, 4.69) is 10.1 Å². The van der Waals surface area contributed by atoms with E-state index in [1.807, 2.05) is 43.3 Å². The van der Waals surface area contributed by atoms with Crippen molar-refractivity contribution in [3.8, 4) is 5.75 Å². The number of carbonyl (C=O) groups is 1. The fraction of sp³-hybridized carbons (Fsp3) is 0.278. The molecule has 0 aliphatic rings. The predicted octanol–water partition coefficient (Wildman–Crippen LogP) is 3.93. The number of nitrogens with zero attached hydrogens (tertiary/aromatic N) is 1. The van der Waals surface area contributed by atoms with Crippen LogP contribution in [0.1, 0.15) is 12.0 Å². The van der Waals surface area contributed by atoms with Crippen LogP contribution in [0.3, 0.4) is 0 Å². The Balaban J connectivity index is 1.82. The van der Waals surface area contributed by atoms with Crippen LogP contribution < -0.4 is 15.0 Å². The summed E-state index contributed by atoms with van der Waals surface area (Å²) in [6, 6.07) is 13.9. The normalized spacial score (nSPS) is 10.5. The van der Waals surface area contributed by atoms with E-state index in [0.29, 0.717) is 12.8 Å². The van der Waals surface area contributed by atoms with Gasteiger partial charge in [0, 0.05) is 31.9 Å². The van der Waals surface area contributed by atoms with Crippen molar-refractivity contribution in [1.82, 2.24) is 0 Å². The number of carbonyl (C=O) groups excluding carboxylic acids is 1. The lowest BCUT2D eigenvalue weighted by atomic mass is 10.1. The highest BCUT2D eigenvalue weighted by Crippen LogP contribution is 2.17. The average Bonchev–Trinajstić information content (AvgIpc) is 2.54. The molecule has 0 atom stereocenters. The number of rotatable bonds is 7. The molecule has 1 N–H and O–H groups in total. The number of ether oxygens (including phenoxy) is 1. The molecule has 0 spiro atoms. The second kappa shape index (κ2) is 8.29. The molecule has 2 aromatic rings. The van der Waals surface area contributed by atoms with Gasteiger partial charge in [-0.05, 0) is 48.4 Å². The van der Waals surface area contributed by atoms with Crippen molar-refractivity contribution in [2.75, 3.05) is 24.3 Å². The number of hydrogen-bond acceptors (Lipinski definition) is 3. The lowest BCUT2D eigenvalue weighted by molar-refractivity contribution is -0.116. The van der Waals surface area contributed by atoms with Crippen LogP contribution in [0, 0.1) is 0 Å². The Morgan fingerprint density at radius 2 is 1.71 bits per heavy atom. The van der Waals surface area contributed by atoms with Crippen LogP contribution in [0.25, 0.3) is 0 Å². The maximum absolute atomic E-state index is 12.1. The van der Waals surface area contributed by atoms with Crippen molar-refractivity contribution in [2.24, 2.45) is 0 Å². The SMILES string of the molecule is CN(C)c1ccc(NC(=O)CCc2ccc(OC(F)F)cc2)cc1. The van der Waals surface area contributed by atoms with Crippen molar-refractivity contribution >= 4 is 17.3 Å². The van der Waals surface area contributed by atoms with Crippen molar-refractivity contribution in [1.29, 1.82) is 0 Å². The molecule has 0 aromatic heterocycles. The lowest BCUT2D eigenvalue weighted by Crippen LogP contribution is -2.13. The van der Waals surface area contributed by atoms with E-state index < -0.39 is 6.61 Å². The van der Waals surface area contributed by atoms with Gasteiger partial charge in [0.25, 0.3) is 0 Å². The van der Waals surface area contributed by atoms with Crippen molar-refractivity contribution in [3.63, 3.8) is 0 Å². The minimum Gasteiger partial charge on any atom is -0.435 e. The summed E-state index contributed by atoms with van der Waals surface area (Å²) < 4.78 is 28.4. The topological polar surface area (TPSA) is 41.6 Å². The minimum absolute atomic E-state index is 0.0967. The van der Waals surface area contributed by atoms with Gasteiger partial charge in [0.1, 0.15) is 5.75 Å². The van der Waals surface area contributed by atoms with Gasteiger partial charge in [-0.3, -0.25) is 4.79 Å². The lowest BCUT2D eigenvalue weighted by Gasteiger charge is -2.13. The zero-order valence-electron chi connectivity index (χ0n) is 13.6. The van der Waals surface area contributed by atoms with E-state index in [9.17, 15) is 13.6 Å². The number of nitrogens with one attached hydrogen (secondary N) is 1. The van der Waals surface area contributed by atoms with Gasteiger partial charge in [0.2, 0.25) is 5.91 Å². The molecule has 1 amide bonds. The third kappa shape index (κ3) is 5.53. The van der Waals surface area contributed by atoms with Gasteiger partial charge >= 0.3 is 6.61 Å². The van der Waals surface area contributed by atoms with E-state index >= 15 is 0 Å². The van der Waals surface area contributed by atoms with E-state index in [1.165, 1.54) is 12.1 Å². The van der Waals surface area contributed by atoms with Gasteiger partial charge in [-0.25, -0.2) is 0 Å². The highest BCUT2D eigenvalue weighted by atomic mass is 19.3. The van der Waals surface area contributed by atoms with Gasteiger partial charge in [0.05, 0.1) is 0 Å². The Labute approximate surface area is 140 Å². The summed E-state index contributed by atoms with van der Waals surface area (Å²) in [5.74, 6) is 0.0136. The molecule has 0 aliphatic carbocycles. The third-order valence-corrected chi connectivity index (χ3v) is 3.46. The number of benzene rings is 2. The number of aryl methyl sites for hydroxylation is 1. The summed E-state index contributed by atoms with van der Waals surface area (Å²) in [6.45, 7) is -2.83. The first-order valence-electron chi connectivity index (χ1n) is 7.55. The quantitative estimate of drug-likeness (QED) is 0.834. The molecule has 0 radical (unpaired) electrons. The van der Waals surface area contributed by atoms with Gasteiger partial charge in [-0.1, -0.05) is 12.1 Å². The Morgan fingerprint density at radius 1 is 1.08 bits per heavy atom. The van der Waals surface area contributed by atoms with Crippen molar-refractivity contribution in [2.45, 2.75) is 19.5 Å². The van der Waals surface area contributed by atoms with Crippen molar-refractivity contribution in [3.05, 3.63) is 54.1 Å². The van der Waals surface area contributed by atoms with Crippen LogP contribution in [0.15, 0.2) is 48.5 Å². The van der Waals surface area contributed by atoms with Gasteiger partial charge < -0.3 is 15.0 Å². The van der Waals surface area contributed by atoms with Crippen LogP contribution in [0.4, 0.5) is 20.2 Å². The zero-order valence-corrected chi connectivity index (χ0v) is 13.6. The standard InChI is InChI=1S/C18H20F2N2O2/c1-22(2)15-8-6-14(7-9-15)21-17(23)12-5-13-3-10-16(11-4-13)24-18(19)20/h3-4,6-11,18H,5,12H2,1-2H3,(H,21,23). The molecule has 24 heavy (non-hydrogen) atoms. The fourth-order valence-corrected chi connectivity index (χ4v) is 2.16. The molecule has 0 fully saturated rings. The first kappa shape index (κ1) is 17.7. The summed E-state index contributed by atoms with van der Waals surface area (Å²) in [5, 5.41) is 2.83. The minimum atomic E-state index is -2.83. The molecule has 0 aliphatic heterocycles. The second-order valence-corrected chi connectivity index (χ2v) is 5.51. The molecule has 2 rings (SSSR count). The second-order valence-electron chi connectivity index (χ2n) is 5.51. The first-order chi connectivity index (χ1) is 11.4. The molecule has 0 bridgehead atoms. The summed E-state index contributed by atoms with van der Waals surface area (Å²) >= 11 is 0. The molecule has 0 saturated carbocycles. The summed E-state index contributed by atoms with van der Waals surface area (Å²) in [5.41, 5.74) is 2.68. The van der Waals surface area contributed by atoms with Crippen LogP contribution >= 0.6 is 0 Å². The number of hydrogen-bond donors (Lipinski definition) is 1. The van der Waals surface area contributed by atoms with Crippen LogP contribution in [-0.4, -0.2) is 26.6 Å². The molecular formula is C18H20F2N2O2. The monoisotopic (exact) mass is 334 g/mol. The number of amides is 1. The summed E-state index contributed by atoms with van der Waals surface area (Å²) in [6.07, 6.45) is 0.834. The van der Waals surface area contributed by atoms with Gasteiger partial charge in [-0.15, -0.1) is 0 Å². The largest absolute Gasteiger partial charge is 0.435 e. The molecule has 128 valence electrons. The molecule has 2 aromatic carbocycles. The Morgan fingerprint density at radius 3 is 2.25 bits per heavy atom. The molecule has 4 nitrogen and oxygen atoms in total. The van der Waals surface area contributed by atoms with Crippen LogP contribution in [0.2, 0.25) is 0 Å². The zero-order chi connectivity index (χ0) is 17.5. The Hall–Kier alpha value is -2.63. The van der Waals surface area contributed by atoms with E-state index in [-0.39, 0.29) is 11.7 Å². The molecule has 0 heterocycles. The molecule has 0 saturated heterocycles. The van der Waals surface area contributed by atoms with Gasteiger partial charge in [-0.2, -0.15) is 8.78 Å². The predicted molar refractivity (Wildman–Crippen MR) is 90.8 cm³/mol. The summed E-state index contributed by atoms with van der Waals surface area (Å²) in [7, 11) is 3.90. The van der Waals surface area contributed by atoms with Crippen LogP contribution in [-0.2, 0) is 11.2 Å². The smallest absolute Gasteiger partial charge is 0.387 e. The fourth-order valence-electron chi connectivity index (χ4n) is 2.16. The maximum atomic E-state index is 12.1. The third-order valence-electron chi connectivity index (χ3n) is 3.46. The molecule has 0 unspecified atom stereocenters. The number of alkyl halides is 2. The highest BCUT2D eigenvalue weighted by molar-refractivity contribution is 5.91. The van der Waals surface area contributed by atoms with Gasteiger partial charge in [0.15, 0.2) is 0 Å². The maximum Gasteiger partial charge on any atom is 0.387 e. The number of halogens is 2. The Kier molecular flexibility index (Phi) is 6.12. The molecular weight excluding hydrogens is 314 g/mol.